The van der Waals surface area contributed by atoms with Crippen molar-refractivity contribution in [3.8, 4) is 0 Å². The smallest absolute Gasteiger partial charge is 0.377 e. The van der Waals surface area contributed by atoms with Gasteiger partial charge in [-0.3, -0.25) is 4.79 Å². The van der Waals surface area contributed by atoms with E-state index in [1.807, 2.05) is 0 Å². The largest absolute Gasteiger partial charge is 0.500 e. The average Bonchev–Trinajstić information content (AvgIpc) is 2.69. The zero-order valence-electron chi connectivity index (χ0n) is 18.6. The minimum Gasteiger partial charge on any atom is -0.377 e. The molecule has 0 saturated carbocycles. The zero-order chi connectivity index (χ0) is 20.2. The number of carbonyl (C=O) groups excluding carboxylic acids is 1. The van der Waals surface area contributed by atoms with Crippen molar-refractivity contribution in [2.24, 2.45) is 0 Å². The molecule has 0 radical (unpaired) electrons. The number of unbranched alkanes of at least 4 members (excludes halogenated alkanes) is 8. The molecule has 28 heavy (non-hydrogen) atoms. The Hall–Kier alpha value is -0.183. The number of rotatable bonds is 20. The van der Waals surface area contributed by atoms with E-state index in [-0.39, 0.29) is 18.3 Å². The lowest BCUT2D eigenvalue weighted by Gasteiger charge is -2.24. The molecule has 0 aromatic rings. The molecule has 0 fully saturated rings. The molecule has 170 valence electrons. The lowest BCUT2D eigenvalue weighted by molar-refractivity contribution is -0.121. The van der Waals surface area contributed by atoms with Gasteiger partial charge in [0.1, 0.15) is 0 Å². The second kappa shape index (κ2) is 21.5. The Morgan fingerprint density at radius 2 is 1.29 bits per heavy atom. The first-order valence-electron chi connectivity index (χ1n) is 10.8. The van der Waals surface area contributed by atoms with Gasteiger partial charge in [0.05, 0.1) is 0 Å². The molecule has 0 spiro atoms. The molecule has 0 aromatic carbocycles. The van der Waals surface area contributed by atoms with E-state index in [9.17, 15) is 4.79 Å². The summed E-state index contributed by atoms with van der Waals surface area (Å²) in [4.78, 5) is 11.8. The fourth-order valence-electron chi connectivity index (χ4n) is 3.09. The summed E-state index contributed by atoms with van der Waals surface area (Å²) in [6.07, 6.45) is 13.1. The van der Waals surface area contributed by atoms with Crippen LogP contribution in [-0.2, 0) is 18.1 Å². The van der Waals surface area contributed by atoms with Gasteiger partial charge in [-0.2, -0.15) is 0 Å². The number of halogens is 1. The number of hydrogen-bond donors (Lipinski definition) is 2. The monoisotopic (exact) mass is 440 g/mol. The van der Waals surface area contributed by atoms with Crippen LogP contribution in [0.2, 0.25) is 6.04 Å². The quantitative estimate of drug-likeness (QED) is 0.218. The molecule has 8 heteroatoms. The van der Waals surface area contributed by atoms with Crippen molar-refractivity contribution in [3.05, 3.63) is 0 Å². The van der Waals surface area contributed by atoms with E-state index in [4.69, 9.17) is 13.3 Å². The van der Waals surface area contributed by atoms with Crippen molar-refractivity contribution in [1.29, 1.82) is 0 Å². The van der Waals surface area contributed by atoms with E-state index in [1.165, 1.54) is 51.4 Å². The number of amides is 1. The minimum absolute atomic E-state index is 0. The summed E-state index contributed by atoms with van der Waals surface area (Å²) in [5, 5.41) is 6.31. The molecule has 0 rings (SSSR count). The highest BCUT2D eigenvalue weighted by atomic mass is 35.5. The molecule has 1 amide bonds. The van der Waals surface area contributed by atoms with Crippen molar-refractivity contribution in [3.63, 3.8) is 0 Å². The van der Waals surface area contributed by atoms with Gasteiger partial charge in [0.2, 0.25) is 5.91 Å². The highest BCUT2D eigenvalue weighted by molar-refractivity contribution is 6.60. The van der Waals surface area contributed by atoms with Crippen LogP contribution in [-0.4, -0.2) is 55.7 Å². The van der Waals surface area contributed by atoms with Crippen LogP contribution >= 0.6 is 12.4 Å². The van der Waals surface area contributed by atoms with Gasteiger partial charge in [0.25, 0.3) is 0 Å². The predicted molar refractivity (Wildman–Crippen MR) is 121 cm³/mol. The summed E-state index contributed by atoms with van der Waals surface area (Å²) in [5.74, 6) is 0.171. The van der Waals surface area contributed by atoms with Gasteiger partial charge in [0.15, 0.2) is 0 Å². The van der Waals surface area contributed by atoms with E-state index >= 15 is 0 Å². The van der Waals surface area contributed by atoms with Crippen LogP contribution in [0.5, 0.6) is 0 Å². The van der Waals surface area contributed by atoms with Crippen LogP contribution in [0.3, 0.4) is 0 Å². The third-order valence-electron chi connectivity index (χ3n) is 4.90. The fourth-order valence-corrected chi connectivity index (χ4v) is 4.81. The molecule has 2 N–H and O–H groups in total. The first kappa shape index (κ1) is 30.0. The Bertz CT molecular complexity index is 340. The van der Waals surface area contributed by atoms with E-state index in [0.717, 1.165) is 32.0 Å². The summed E-state index contributed by atoms with van der Waals surface area (Å²) < 4.78 is 16.2. The summed E-state index contributed by atoms with van der Waals surface area (Å²) in [6.45, 7) is 4.57. The third kappa shape index (κ3) is 16.7. The van der Waals surface area contributed by atoms with E-state index in [2.05, 4.69) is 17.6 Å². The fraction of sp³-hybridized carbons (Fsp3) is 0.950. The van der Waals surface area contributed by atoms with Gasteiger partial charge in [-0.25, -0.2) is 0 Å². The predicted octanol–water partition coefficient (Wildman–Crippen LogP) is 4.30. The van der Waals surface area contributed by atoms with E-state index in [0.29, 0.717) is 13.0 Å². The number of carbonyl (C=O) groups is 1. The Kier molecular flexibility index (Phi) is 23.1. The maximum absolute atomic E-state index is 11.8. The van der Waals surface area contributed by atoms with Crippen LogP contribution in [0.4, 0.5) is 0 Å². The molecule has 0 aliphatic heterocycles. The topological polar surface area (TPSA) is 68.8 Å². The van der Waals surface area contributed by atoms with Crippen molar-refractivity contribution in [1.82, 2.24) is 10.6 Å². The van der Waals surface area contributed by atoms with Gasteiger partial charge in [-0.1, -0.05) is 58.3 Å². The Labute approximate surface area is 180 Å². The summed E-state index contributed by atoms with van der Waals surface area (Å²) >= 11 is 0. The molecule has 0 aliphatic carbocycles. The molecule has 0 bridgehead atoms. The lowest BCUT2D eigenvalue weighted by Crippen LogP contribution is -2.43. The van der Waals surface area contributed by atoms with Crippen LogP contribution in [0.15, 0.2) is 0 Å². The summed E-state index contributed by atoms with van der Waals surface area (Å²) in [7, 11) is 2.46. The maximum Gasteiger partial charge on any atom is 0.500 e. The lowest BCUT2D eigenvalue weighted by atomic mass is 10.1. The first-order chi connectivity index (χ1) is 13.1. The molecule has 0 aromatic heterocycles. The molecular weight excluding hydrogens is 396 g/mol. The maximum atomic E-state index is 11.8. The summed E-state index contributed by atoms with van der Waals surface area (Å²) in [5.41, 5.74) is 0. The number of nitrogens with one attached hydrogen (secondary N) is 2. The Balaban J connectivity index is 0. The highest BCUT2D eigenvalue weighted by Gasteiger charge is 2.36. The van der Waals surface area contributed by atoms with Crippen LogP contribution in [0.25, 0.3) is 0 Å². The highest BCUT2D eigenvalue weighted by Crippen LogP contribution is 2.14. The van der Waals surface area contributed by atoms with E-state index < -0.39 is 8.80 Å². The normalized spacial score (nSPS) is 11.3. The van der Waals surface area contributed by atoms with Gasteiger partial charge < -0.3 is 23.9 Å². The van der Waals surface area contributed by atoms with Crippen molar-refractivity contribution in [2.45, 2.75) is 83.6 Å². The van der Waals surface area contributed by atoms with Crippen LogP contribution < -0.4 is 10.6 Å². The molecule has 0 saturated heterocycles. The zero-order valence-corrected chi connectivity index (χ0v) is 20.5. The molecule has 0 heterocycles. The molecule has 6 nitrogen and oxygen atoms in total. The van der Waals surface area contributed by atoms with E-state index in [1.54, 1.807) is 21.3 Å². The minimum atomic E-state index is -2.45. The van der Waals surface area contributed by atoms with Crippen molar-refractivity contribution >= 4 is 27.1 Å². The van der Waals surface area contributed by atoms with Crippen LogP contribution in [0.1, 0.15) is 77.6 Å². The van der Waals surface area contributed by atoms with Gasteiger partial charge >= 0.3 is 8.80 Å². The van der Waals surface area contributed by atoms with Crippen LogP contribution in [0, 0.1) is 0 Å². The Morgan fingerprint density at radius 3 is 1.82 bits per heavy atom. The first-order valence-corrected chi connectivity index (χ1v) is 12.7. The second-order valence-electron chi connectivity index (χ2n) is 7.08. The van der Waals surface area contributed by atoms with Gasteiger partial charge in [-0.15, -0.1) is 12.4 Å². The standard InChI is InChI=1S/C20H44N2O4Si.ClH/c1-5-6-7-8-9-10-11-12-13-15-20(23)22-18-17-21-16-14-19-27(24-2,25-3)26-4;/h21H,5-19H2,1-4H3,(H,22,23);1H. The third-order valence-corrected chi connectivity index (χ3v) is 7.73. The molecule has 0 unspecified atom stereocenters. The molecule has 0 aliphatic rings. The SMILES string of the molecule is CCCCCCCCCCCC(=O)NCCNCCC[Si](OC)(OC)OC.Cl. The van der Waals surface area contributed by atoms with Crippen molar-refractivity contribution in [2.75, 3.05) is 41.0 Å². The second-order valence-corrected chi connectivity index (χ2v) is 10.2. The molecular formula is C20H45ClN2O4Si. The Morgan fingerprint density at radius 1 is 0.750 bits per heavy atom. The van der Waals surface area contributed by atoms with Gasteiger partial charge in [0, 0.05) is 46.9 Å². The average molecular weight is 441 g/mol. The summed E-state index contributed by atoms with van der Waals surface area (Å²) in [6, 6.07) is 0.786. The molecule has 0 atom stereocenters. The van der Waals surface area contributed by atoms with Gasteiger partial charge in [-0.05, 0) is 19.4 Å². The number of hydrogen-bond acceptors (Lipinski definition) is 5. The van der Waals surface area contributed by atoms with Crippen molar-refractivity contribution < 1.29 is 18.1 Å².